The predicted octanol–water partition coefficient (Wildman–Crippen LogP) is 4.23. The zero-order chi connectivity index (χ0) is 21.6. The third kappa shape index (κ3) is 5.48. The van der Waals surface area contributed by atoms with Crippen molar-refractivity contribution in [1.29, 1.82) is 0 Å². The van der Waals surface area contributed by atoms with Gasteiger partial charge in [-0.3, -0.25) is 10.1 Å². The van der Waals surface area contributed by atoms with E-state index in [1.807, 2.05) is 66.7 Å². The topological polar surface area (TPSA) is 47.6 Å². The van der Waals surface area contributed by atoms with Crippen LogP contribution in [0.3, 0.4) is 0 Å². The van der Waals surface area contributed by atoms with Crippen LogP contribution in [0.5, 0.6) is 0 Å². The molecule has 158 valence electrons. The van der Waals surface area contributed by atoms with Gasteiger partial charge >= 0.3 is 0 Å². The van der Waals surface area contributed by atoms with E-state index in [4.69, 9.17) is 12.2 Å². The lowest BCUT2D eigenvalue weighted by atomic mass is 10.0. The summed E-state index contributed by atoms with van der Waals surface area (Å²) in [5.41, 5.74) is 4.80. The number of amides is 1. The molecule has 1 fully saturated rings. The number of benzene rings is 3. The summed E-state index contributed by atoms with van der Waals surface area (Å²) in [4.78, 5) is 17.2. The van der Waals surface area contributed by atoms with Crippen molar-refractivity contribution in [2.45, 2.75) is 0 Å². The Morgan fingerprint density at radius 1 is 0.806 bits per heavy atom. The lowest BCUT2D eigenvalue weighted by molar-refractivity contribution is 0.0978. The van der Waals surface area contributed by atoms with Crippen molar-refractivity contribution >= 4 is 34.6 Å². The second-order valence-electron chi connectivity index (χ2n) is 7.69. The van der Waals surface area contributed by atoms with Gasteiger partial charge in [0.2, 0.25) is 0 Å². The molecule has 6 heteroatoms. The zero-order valence-electron chi connectivity index (χ0n) is 17.5. The zero-order valence-corrected chi connectivity index (χ0v) is 18.4. The van der Waals surface area contributed by atoms with Crippen LogP contribution in [-0.4, -0.2) is 49.1 Å². The Balaban J connectivity index is 1.31. The van der Waals surface area contributed by atoms with Gasteiger partial charge in [-0.05, 0) is 66.8 Å². The van der Waals surface area contributed by atoms with Gasteiger partial charge in [0.25, 0.3) is 5.91 Å². The van der Waals surface area contributed by atoms with E-state index in [2.05, 4.69) is 39.6 Å². The van der Waals surface area contributed by atoms with E-state index in [1.165, 1.54) is 5.69 Å². The molecule has 31 heavy (non-hydrogen) atoms. The lowest BCUT2D eigenvalue weighted by Crippen LogP contribution is -2.44. The number of nitrogens with zero attached hydrogens (tertiary/aromatic N) is 2. The van der Waals surface area contributed by atoms with Gasteiger partial charge < -0.3 is 15.1 Å². The molecule has 0 atom stereocenters. The quantitative estimate of drug-likeness (QED) is 0.607. The van der Waals surface area contributed by atoms with Crippen LogP contribution in [0.15, 0.2) is 78.9 Å². The molecule has 1 aliphatic heterocycles. The van der Waals surface area contributed by atoms with E-state index in [0.29, 0.717) is 5.56 Å². The van der Waals surface area contributed by atoms with Gasteiger partial charge in [0.05, 0.1) is 0 Å². The molecule has 1 aliphatic rings. The maximum absolute atomic E-state index is 12.5. The molecule has 3 aromatic carbocycles. The van der Waals surface area contributed by atoms with E-state index in [1.54, 1.807) is 0 Å². The minimum Gasteiger partial charge on any atom is -0.369 e. The Morgan fingerprint density at radius 2 is 1.42 bits per heavy atom. The number of thiocarbonyl (C=S) groups is 1. The molecule has 1 amide bonds. The van der Waals surface area contributed by atoms with Gasteiger partial charge in [-0.15, -0.1) is 0 Å². The first-order chi connectivity index (χ1) is 15.1. The predicted molar refractivity (Wildman–Crippen MR) is 132 cm³/mol. The molecule has 2 N–H and O–H groups in total. The molecule has 0 aliphatic carbocycles. The molecule has 0 radical (unpaired) electrons. The SMILES string of the molecule is CN1CCN(c2ccc(NC(=S)NC(=O)c3ccc(-c4ccccc4)cc3)cc2)CC1. The van der Waals surface area contributed by atoms with Crippen molar-refractivity contribution in [3.05, 3.63) is 84.4 Å². The molecule has 0 bridgehead atoms. The number of carbonyl (C=O) groups is 1. The van der Waals surface area contributed by atoms with E-state index in [0.717, 1.165) is 43.0 Å². The van der Waals surface area contributed by atoms with Crippen LogP contribution in [0.25, 0.3) is 11.1 Å². The Labute approximate surface area is 188 Å². The second kappa shape index (κ2) is 9.73. The van der Waals surface area contributed by atoms with Crippen molar-refractivity contribution in [3.63, 3.8) is 0 Å². The monoisotopic (exact) mass is 430 g/mol. The largest absolute Gasteiger partial charge is 0.369 e. The highest BCUT2D eigenvalue weighted by molar-refractivity contribution is 7.80. The van der Waals surface area contributed by atoms with E-state index in [9.17, 15) is 4.79 Å². The van der Waals surface area contributed by atoms with Crippen LogP contribution in [0.4, 0.5) is 11.4 Å². The van der Waals surface area contributed by atoms with E-state index < -0.39 is 0 Å². The minimum atomic E-state index is -0.230. The van der Waals surface area contributed by atoms with Crippen molar-refractivity contribution in [1.82, 2.24) is 10.2 Å². The molecule has 4 rings (SSSR count). The number of piperazine rings is 1. The number of anilines is 2. The van der Waals surface area contributed by atoms with Crippen LogP contribution < -0.4 is 15.5 Å². The molecule has 5 nitrogen and oxygen atoms in total. The maximum Gasteiger partial charge on any atom is 0.257 e. The molecular formula is C25H26N4OS. The lowest BCUT2D eigenvalue weighted by Gasteiger charge is -2.34. The Hall–Kier alpha value is -3.22. The van der Waals surface area contributed by atoms with Crippen LogP contribution in [0.1, 0.15) is 10.4 Å². The number of rotatable bonds is 4. The number of hydrogen-bond acceptors (Lipinski definition) is 4. The highest BCUT2D eigenvalue weighted by Gasteiger charge is 2.14. The van der Waals surface area contributed by atoms with E-state index in [-0.39, 0.29) is 11.0 Å². The highest BCUT2D eigenvalue weighted by Crippen LogP contribution is 2.20. The molecule has 1 heterocycles. The Morgan fingerprint density at radius 3 is 2.06 bits per heavy atom. The fourth-order valence-corrected chi connectivity index (χ4v) is 3.81. The van der Waals surface area contributed by atoms with Gasteiger partial charge in [0, 0.05) is 43.1 Å². The first-order valence-corrected chi connectivity index (χ1v) is 10.8. The third-order valence-corrected chi connectivity index (χ3v) is 5.68. The van der Waals surface area contributed by atoms with Gasteiger partial charge in [-0.25, -0.2) is 0 Å². The standard InChI is InChI=1S/C25H26N4OS/c1-28-15-17-29(18-16-28)23-13-11-22(12-14-23)26-25(31)27-24(30)21-9-7-20(8-10-21)19-5-3-2-4-6-19/h2-14H,15-18H2,1H3,(H2,26,27,30,31). The van der Waals surface area contributed by atoms with Crippen molar-refractivity contribution in [3.8, 4) is 11.1 Å². The second-order valence-corrected chi connectivity index (χ2v) is 8.10. The van der Waals surface area contributed by atoms with E-state index >= 15 is 0 Å². The van der Waals surface area contributed by atoms with Crippen LogP contribution >= 0.6 is 12.2 Å². The first kappa shape index (κ1) is 21.0. The summed E-state index contributed by atoms with van der Waals surface area (Å²) in [6, 6.07) is 25.7. The van der Waals surface area contributed by atoms with Crippen LogP contribution in [0, 0.1) is 0 Å². The van der Waals surface area contributed by atoms with Gasteiger partial charge in [0.1, 0.15) is 0 Å². The number of hydrogen-bond donors (Lipinski definition) is 2. The molecule has 0 saturated carbocycles. The molecule has 0 unspecified atom stereocenters. The summed E-state index contributed by atoms with van der Waals surface area (Å²) >= 11 is 5.33. The first-order valence-electron chi connectivity index (χ1n) is 10.4. The fourth-order valence-electron chi connectivity index (χ4n) is 3.60. The summed E-state index contributed by atoms with van der Waals surface area (Å²) in [6.07, 6.45) is 0. The maximum atomic E-state index is 12.5. The summed E-state index contributed by atoms with van der Waals surface area (Å²) in [7, 11) is 2.15. The molecule has 3 aromatic rings. The fraction of sp³-hybridized carbons (Fsp3) is 0.200. The average molecular weight is 431 g/mol. The average Bonchev–Trinajstić information content (AvgIpc) is 2.81. The van der Waals surface area contributed by atoms with Crippen LogP contribution in [0.2, 0.25) is 0 Å². The Bertz CT molecular complexity index is 1030. The smallest absolute Gasteiger partial charge is 0.257 e. The number of carbonyl (C=O) groups excluding carboxylic acids is 1. The molecular weight excluding hydrogens is 404 g/mol. The number of likely N-dealkylation sites (N-methyl/N-ethyl adjacent to an activating group) is 1. The van der Waals surface area contributed by atoms with Gasteiger partial charge in [-0.2, -0.15) is 0 Å². The third-order valence-electron chi connectivity index (χ3n) is 5.47. The van der Waals surface area contributed by atoms with Crippen molar-refractivity contribution in [2.24, 2.45) is 0 Å². The van der Waals surface area contributed by atoms with Crippen molar-refractivity contribution < 1.29 is 4.79 Å². The number of nitrogens with one attached hydrogen (secondary N) is 2. The Kier molecular flexibility index (Phi) is 6.60. The normalized spacial score (nSPS) is 14.2. The summed E-state index contributed by atoms with van der Waals surface area (Å²) in [5.74, 6) is -0.230. The molecule has 1 saturated heterocycles. The van der Waals surface area contributed by atoms with Crippen molar-refractivity contribution in [2.75, 3.05) is 43.4 Å². The van der Waals surface area contributed by atoms with Gasteiger partial charge in [-0.1, -0.05) is 42.5 Å². The van der Waals surface area contributed by atoms with Gasteiger partial charge in [0.15, 0.2) is 5.11 Å². The summed E-state index contributed by atoms with van der Waals surface area (Å²) in [5, 5.41) is 6.12. The minimum absolute atomic E-state index is 0.230. The highest BCUT2D eigenvalue weighted by atomic mass is 32.1. The van der Waals surface area contributed by atoms with Crippen LogP contribution in [-0.2, 0) is 0 Å². The summed E-state index contributed by atoms with van der Waals surface area (Å²) in [6.45, 7) is 4.20. The molecule has 0 spiro atoms. The summed E-state index contributed by atoms with van der Waals surface area (Å²) < 4.78 is 0. The molecule has 0 aromatic heterocycles.